The predicted molar refractivity (Wildman–Crippen MR) is 140 cm³/mol. The average Bonchev–Trinajstić information content (AvgIpc) is 3.40. The van der Waals surface area contributed by atoms with Crippen LogP contribution in [0.2, 0.25) is 5.02 Å². The molecule has 0 radical (unpaired) electrons. The third kappa shape index (κ3) is 4.49. The number of nitrogens with zero attached hydrogens (tertiary/aromatic N) is 5. The zero-order valence-corrected chi connectivity index (χ0v) is 22.4. The summed E-state index contributed by atoms with van der Waals surface area (Å²) < 4.78 is 24.2. The summed E-state index contributed by atoms with van der Waals surface area (Å²) in [5.74, 6) is -1.01. The van der Waals surface area contributed by atoms with E-state index in [9.17, 15) is 18.8 Å². The van der Waals surface area contributed by atoms with Gasteiger partial charge in [0.05, 0.1) is 22.6 Å². The molecule has 4 aromatic rings. The summed E-state index contributed by atoms with van der Waals surface area (Å²) in [6.07, 6.45) is 4.18. The molecule has 1 atom stereocenters. The van der Waals surface area contributed by atoms with Gasteiger partial charge in [0.2, 0.25) is 0 Å². The van der Waals surface area contributed by atoms with Gasteiger partial charge in [-0.3, -0.25) is 14.2 Å². The van der Waals surface area contributed by atoms with Crippen molar-refractivity contribution in [2.24, 2.45) is 0 Å². The number of hydrogen-bond donors (Lipinski definition) is 0. The number of benzene rings is 1. The van der Waals surface area contributed by atoms with Crippen LogP contribution < -0.4 is 5.56 Å². The van der Waals surface area contributed by atoms with Gasteiger partial charge >= 0.3 is 6.09 Å². The lowest BCUT2D eigenvalue weighted by atomic mass is 10.1. The molecule has 9 nitrogen and oxygen atoms in total. The summed E-state index contributed by atoms with van der Waals surface area (Å²) in [6.45, 7) is 9.29. The fourth-order valence-corrected chi connectivity index (χ4v) is 4.85. The summed E-state index contributed by atoms with van der Waals surface area (Å²) in [5, 5.41) is 0.425. The molecule has 198 valence electrons. The van der Waals surface area contributed by atoms with E-state index in [0.29, 0.717) is 16.6 Å². The van der Waals surface area contributed by atoms with E-state index in [0.717, 1.165) is 5.69 Å². The van der Waals surface area contributed by atoms with E-state index in [2.05, 4.69) is 4.98 Å². The van der Waals surface area contributed by atoms with E-state index in [1.807, 2.05) is 13.8 Å². The molecular formula is C27H27ClFN5O4. The van der Waals surface area contributed by atoms with E-state index in [1.165, 1.54) is 21.3 Å². The van der Waals surface area contributed by atoms with Crippen LogP contribution in [0.25, 0.3) is 16.6 Å². The quantitative estimate of drug-likeness (QED) is 0.368. The highest BCUT2D eigenvalue weighted by Gasteiger charge is 2.32. The van der Waals surface area contributed by atoms with Crippen LogP contribution in [0.4, 0.5) is 9.18 Å². The summed E-state index contributed by atoms with van der Waals surface area (Å²) >= 11 is 6.08. The summed E-state index contributed by atoms with van der Waals surface area (Å²) in [6, 6.07) is 5.52. The zero-order chi connectivity index (χ0) is 27.5. The fourth-order valence-electron chi connectivity index (χ4n) is 4.68. The molecule has 11 heteroatoms. The van der Waals surface area contributed by atoms with Gasteiger partial charge in [-0.25, -0.2) is 14.2 Å². The minimum atomic E-state index is -0.763. The lowest BCUT2D eigenvalue weighted by molar-refractivity contribution is 0.0544. The number of amides is 1. The molecule has 0 saturated heterocycles. The Morgan fingerprint density at radius 3 is 2.61 bits per heavy atom. The van der Waals surface area contributed by atoms with Gasteiger partial charge < -0.3 is 18.8 Å². The standard InChI is InChI=1S/C27H27ClFN5O4/c1-15-10-31(14-30-15)21-6-7-22-25(36)32(16(2)11-33(22)24(21)35)12-17-13-34(26(37)38-27(3,4)5)23-9-20(29)19(28)8-18(17)23/h6-10,13-14,16H,11-12H2,1-5H3. The van der Waals surface area contributed by atoms with Crippen LogP contribution in [-0.2, 0) is 17.8 Å². The Labute approximate surface area is 223 Å². The number of pyridine rings is 1. The summed E-state index contributed by atoms with van der Waals surface area (Å²) in [4.78, 5) is 45.6. The average molecular weight is 540 g/mol. The van der Waals surface area contributed by atoms with Gasteiger partial charge in [0, 0.05) is 43.0 Å². The third-order valence-electron chi connectivity index (χ3n) is 6.46. The Morgan fingerprint density at radius 2 is 1.95 bits per heavy atom. The number of aryl methyl sites for hydroxylation is 1. The molecule has 1 amide bonds. The monoisotopic (exact) mass is 539 g/mol. The largest absolute Gasteiger partial charge is 0.443 e. The predicted octanol–water partition coefficient (Wildman–Crippen LogP) is 4.92. The topological polar surface area (TPSA) is 91.4 Å². The fraction of sp³-hybridized carbons (Fsp3) is 0.333. The number of ether oxygens (including phenoxy) is 1. The van der Waals surface area contributed by atoms with Gasteiger partial charge in [-0.1, -0.05) is 11.6 Å². The molecule has 0 spiro atoms. The van der Waals surface area contributed by atoms with Gasteiger partial charge in [0.1, 0.15) is 22.8 Å². The molecule has 5 rings (SSSR count). The smallest absolute Gasteiger partial charge is 0.419 e. The van der Waals surface area contributed by atoms with Gasteiger partial charge in [-0.05, 0) is 58.4 Å². The molecule has 1 unspecified atom stereocenters. The van der Waals surface area contributed by atoms with E-state index in [4.69, 9.17) is 16.3 Å². The Bertz CT molecular complexity index is 1660. The highest BCUT2D eigenvalue weighted by atomic mass is 35.5. The van der Waals surface area contributed by atoms with Crippen LogP contribution in [-0.4, -0.2) is 47.2 Å². The van der Waals surface area contributed by atoms with Crippen LogP contribution >= 0.6 is 11.6 Å². The van der Waals surface area contributed by atoms with Crippen molar-refractivity contribution in [2.75, 3.05) is 0 Å². The summed E-state index contributed by atoms with van der Waals surface area (Å²) in [7, 11) is 0. The molecule has 38 heavy (non-hydrogen) atoms. The first-order valence-electron chi connectivity index (χ1n) is 12.1. The second kappa shape index (κ2) is 9.13. The van der Waals surface area contributed by atoms with Crippen molar-refractivity contribution in [1.29, 1.82) is 0 Å². The molecule has 0 fully saturated rings. The van der Waals surface area contributed by atoms with Crippen molar-refractivity contribution in [2.45, 2.75) is 59.4 Å². The second-order valence-electron chi connectivity index (χ2n) is 10.5. The first-order chi connectivity index (χ1) is 17.8. The number of aromatic nitrogens is 4. The van der Waals surface area contributed by atoms with Gasteiger partial charge in [-0.15, -0.1) is 0 Å². The molecule has 1 aromatic carbocycles. The van der Waals surface area contributed by atoms with Crippen LogP contribution in [0.15, 0.2) is 47.8 Å². The highest BCUT2D eigenvalue weighted by Crippen LogP contribution is 2.30. The third-order valence-corrected chi connectivity index (χ3v) is 6.75. The number of halogens is 2. The molecule has 0 saturated carbocycles. The maximum atomic E-state index is 14.4. The number of carbonyl (C=O) groups is 2. The van der Waals surface area contributed by atoms with Crippen molar-refractivity contribution in [1.82, 2.24) is 23.6 Å². The van der Waals surface area contributed by atoms with Crippen LogP contribution in [0, 0.1) is 12.7 Å². The van der Waals surface area contributed by atoms with Crippen LogP contribution in [0.1, 0.15) is 49.4 Å². The Kier molecular flexibility index (Phi) is 6.18. The minimum Gasteiger partial charge on any atom is -0.443 e. The van der Waals surface area contributed by atoms with Crippen molar-refractivity contribution in [3.8, 4) is 5.69 Å². The molecule has 0 aliphatic carbocycles. The Hall–Kier alpha value is -3.92. The zero-order valence-electron chi connectivity index (χ0n) is 21.7. The lowest BCUT2D eigenvalue weighted by Crippen LogP contribution is -2.49. The van der Waals surface area contributed by atoms with E-state index in [-0.39, 0.29) is 46.8 Å². The number of carbonyl (C=O) groups excluding carboxylic acids is 2. The number of fused-ring (bicyclic) bond motifs is 2. The van der Waals surface area contributed by atoms with Crippen molar-refractivity contribution >= 4 is 34.5 Å². The first kappa shape index (κ1) is 25.7. The minimum absolute atomic E-state index is 0.0992. The lowest BCUT2D eigenvalue weighted by Gasteiger charge is -2.35. The van der Waals surface area contributed by atoms with Crippen molar-refractivity contribution in [3.63, 3.8) is 0 Å². The number of hydrogen-bond acceptors (Lipinski definition) is 5. The van der Waals surface area contributed by atoms with E-state index in [1.54, 1.807) is 61.1 Å². The van der Waals surface area contributed by atoms with E-state index < -0.39 is 17.5 Å². The number of imidazole rings is 1. The van der Waals surface area contributed by atoms with Crippen molar-refractivity contribution in [3.05, 3.63) is 81.1 Å². The van der Waals surface area contributed by atoms with Crippen molar-refractivity contribution < 1.29 is 18.7 Å². The SMILES string of the molecule is Cc1cn(-c2ccc3n(c2=O)CC(C)N(Cc2cn(C(=O)OC(C)(C)C)c4cc(F)c(Cl)cc24)C3=O)cn1. The normalized spacial score (nSPS) is 15.7. The second-order valence-corrected chi connectivity index (χ2v) is 10.9. The maximum absolute atomic E-state index is 14.4. The van der Waals surface area contributed by atoms with Gasteiger partial charge in [0.15, 0.2) is 0 Å². The molecule has 1 aliphatic heterocycles. The Morgan fingerprint density at radius 1 is 1.21 bits per heavy atom. The first-order valence-corrected chi connectivity index (χ1v) is 12.5. The van der Waals surface area contributed by atoms with Gasteiger partial charge in [0.25, 0.3) is 11.5 Å². The van der Waals surface area contributed by atoms with E-state index >= 15 is 0 Å². The molecule has 0 bridgehead atoms. The number of rotatable bonds is 3. The molecule has 3 aromatic heterocycles. The highest BCUT2D eigenvalue weighted by molar-refractivity contribution is 6.31. The van der Waals surface area contributed by atoms with Crippen LogP contribution in [0.5, 0.6) is 0 Å². The van der Waals surface area contributed by atoms with Gasteiger partial charge in [-0.2, -0.15) is 0 Å². The molecule has 1 aliphatic rings. The summed E-state index contributed by atoms with van der Waals surface area (Å²) in [5.41, 5.74) is 1.26. The molecule has 0 N–H and O–H groups in total. The maximum Gasteiger partial charge on any atom is 0.419 e. The van der Waals surface area contributed by atoms with Crippen LogP contribution in [0.3, 0.4) is 0 Å². The molecule has 4 heterocycles. The molecular weight excluding hydrogens is 513 g/mol. The Balaban J connectivity index is 1.53.